The first-order valence-electron chi connectivity index (χ1n) is 18.1. The number of aromatic amines is 1. The predicted octanol–water partition coefficient (Wildman–Crippen LogP) is 4.63. The highest BCUT2D eigenvalue weighted by atomic mass is 31.2. The van der Waals surface area contributed by atoms with Gasteiger partial charge in [-0.25, -0.2) is 9.78 Å². The fraction of sp³-hybridized carbons (Fsp3) is 0.385. The standard InChI is InChI=1S/C39H44N7O9P/c1-25-18-28(19-26(2)36(25)55-34-16-17-41-38(44-34)43-30-14-12-27(21-40)13-15-30)10-8-6-4-3-5-7-9-11-33(48)42-22-29-23-46(39(50)45-37(29)49)35-20-31(47)32(54-35)24-53-56(51)52/h12-19,23,31-32,35,47,51-52H,3-7,9,11,20,22,24H2,1-2H3,(H,42,48)(H,41,43,44)(H,45,49,50)/t31-,32+,35+/m0/s1. The van der Waals surface area contributed by atoms with Crippen molar-refractivity contribution in [3.05, 3.63) is 104 Å². The molecule has 1 saturated heterocycles. The molecule has 4 aromatic rings. The molecule has 0 saturated carbocycles. The maximum Gasteiger partial charge on any atom is 0.330 e. The smallest absolute Gasteiger partial charge is 0.330 e. The van der Waals surface area contributed by atoms with Crippen LogP contribution in [0, 0.1) is 37.0 Å². The average molecular weight is 786 g/mol. The molecular formula is C39H44N7O9P. The van der Waals surface area contributed by atoms with Crippen molar-refractivity contribution in [3.8, 4) is 29.5 Å². The van der Waals surface area contributed by atoms with E-state index in [2.05, 4.69) is 43.5 Å². The van der Waals surface area contributed by atoms with Gasteiger partial charge in [-0.05, 0) is 74.2 Å². The fourth-order valence-corrected chi connectivity index (χ4v) is 6.30. The number of nitrogens with zero attached hydrogens (tertiary/aromatic N) is 4. The summed E-state index contributed by atoms with van der Waals surface area (Å²) in [6.45, 7) is 3.55. The van der Waals surface area contributed by atoms with Crippen molar-refractivity contribution in [2.45, 2.75) is 90.2 Å². The Balaban J connectivity index is 0.990. The second-order valence-corrected chi connectivity index (χ2v) is 14.0. The Hall–Kier alpha value is -5.45. The fourth-order valence-electron chi connectivity index (χ4n) is 6.02. The SMILES string of the molecule is Cc1cc(C#CCCCCCCCC(=O)NCc2cn([C@H]3C[C@H](O)[C@@H](COP(O)O)O3)c(=O)[nH]c2=O)cc(C)c1Oc1ccnc(Nc2ccc(C#N)cc2)n1. The summed E-state index contributed by atoms with van der Waals surface area (Å²) in [5.74, 6) is 7.75. The lowest BCUT2D eigenvalue weighted by Crippen LogP contribution is -2.36. The number of anilines is 2. The van der Waals surface area contributed by atoms with E-state index in [-0.39, 0.29) is 31.0 Å². The molecule has 6 N–H and O–H groups in total. The van der Waals surface area contributed by atoms with Gasteiger partial charge in [0.05, 0.1) is 29.9 Å². The second kappa shape index (κ2) is 20.5. The number of aryl methyl sites for hydroxylation is 2. The number of aliphatic hydroxyl groups excluding tert-OH is 1. The van der Waals surface area contributed by atoms with Crippen molar-refractivity contribution in [1.82, 2.24) is 24.8 Å². The van der Waals surface area contributed by atoms with Gasteiger partial charge in [0, 0.05) is 55.5 Å². The van der Waals surface area contributed by atoms with Crippen molar-refractivity contribution >= 4 is 26.1 Å². The summed E-state index contributed by atoms with van der Waals surface area (Å²) >= 11 is 0. The number of ether oxygens (including phenoxy) is 2. The van der Waals surface area contributed by atoms with E-state index in [1.165, 1.54) is 6.20 Å². The molecule has 0 radical (unpaired) electrons. The van der Waals surface area contributed by atoms with E-state index < -0.39 is 38.3 Å². The summed E-state index contributed by atoms with van der Waals surface area (Å²) in [6, 6.07) is 14.7. The number of carbonyl (C=O) groups excluding carboxylic acids is 1. The molecule has 0 spiro atoms. The number of unbranched alkanes of at least 4 members (excludes halogenated alkanes) is 5. The lowest BCUT2D eigenvalue weighted by molar-refractivity contribution is -0.121. The molecule has 1 amide bonds. The molecule has 294 valence electrons. The monoisotopic (exact) mass is 785 g/mol. The number of carbonyl (C=O) groups is 1. The van der Waals surface area contributed by atoms with E-state index in [0.29, 0.717) is 36.0 Å². The van der Waals surface area contributed by atoms with Crippen LogP contribution in [0.5, 0.6) is 11.6 Å². The van der Waals surface area contributed by atoms with Gasteiger partial charge in [-0.1, -0.05) is 31.1 Å². The van der Waals surface area contributed by atoms with Crippen LogP contribution in [0.3, 0.4) is 0 Å². The highest BCUT2D eigenvalue weighted by Gasteiger charge is 2.36. The summed E-state index contributed by atoms with van der Waals surface area (Å²) in [7, 11) is -2.63. The Morgan fingerprint density at radius 1 is 1.07 bits per heavy atom. The minimum Gasteiger partial charge on any atom is -0.438 e. The number of benzene rings is 2. The van der Waals surface area contributed by atoms with Gasteiger partial charge in [-0.3, -0.25) is 19.1 Å². The Labute approximate surface area is 324 Å². The van der Waals surface area contributed by atoms with Crippen LogP contribution in [0.2, 0.25) is 0 Å². The Morgan fingerprint density at radius 3 is 2.54 bits per heavy atom. The van der Waals surface area contributed by atoms with Crippen LogP contribution in [-0.2, 0) is 20.6 Å². The van der Waals surface area contributed by atoms with Crippen molar-refractivity contribution in [1.29, 1.82) is 5.26 Å². The van der Waals surface area contributed by atoms with Gasteiger partial charge >= 0.3 is 14.3 Å². The van der Waals surface area contributed by atoms with Gasteiger partial charge < -0.3 is 39.5 Å². The minimum absolute atomic E-state index is 0.0210. The highest BCUT2D eigenvalue weighted by molar-refractivity contribution is 7.39. The van der Waals surface area contributed by atoms with Gasteiger partial charge in [0.1, 0.15) is 18.1 Å². The maximum absolute atomic E-state index is 12.5. The number of hydrogen-bond acceptors (Lipinski definition) is 13. The molecule has 1 fully saturated rings. The number of aromatic nitrogens is 4. The number of nitriles is 1. The van der Waals surface area contributed by atoms with Crippen LogP contribution in [0.15, 0.2) is 64.4 Å². The van der Waals surface area contributed by atoms with Crippen LogP contribution >= 0.6 is 8.60 Å². The van der Waals surface area contributed by atoms with Gasteiger partial charge in [-0.15, -0.1) is 0 Å². The minimum atomic E-state index is -2.63. The van der Waals surface area contributed by atoms with E-state index in [1.807, 2.05) is 26.0 Å². The van der Waals surface area contributed by atoms with Crippen LogP contribution in [-0.4, -0.2) is 59.1 Å². The highest BCUT2D eigenvalue weighted by Crippen LogP contribution is 2.32. The topological polar surface area (TPSA) is 234 Å². The second-order valence-electron chi connectivity index (χ2n) is 13.2. The largest absolute Gasteiger partial charge is 0.438 e. The molecule has 1 aliphatic rings. The molecule has 1 aliphatic heterocycles. The molecule has 2 aromatic heterocycles. The van der Waals surface area contributed by atoms with Crippen LogP contribution in [0.1, 0.15) is 85.4 Å². The van der Waals surface area contributed by atoms with Gasteiger partial charge in [0.15, 0.2) is 0 Å². The summed E-state index contributed by atoms with van der Waals surface area (Å²) in [5.41, 5.74) is 2.84. The molecule has 0 bridgehead atoms. The molecular weight excluding hydrogens is 741 g/mol. The van der Waals surface area contributed by atoms with Gasteiger partial charge in [0.2, 0.25) is 17.7 Å². The van der Waals surface area contributed by atoms with E-state index in [9.17, 15) is 19.5 Å². The zero-order valence-corrected chi connectivity index (χ0v) is 31.9. The summed E-state index contributed by atoms with van der Waals surface area (Å²) in [5, 5.41) is 25.1. The lowest BCUT2D eigenvalue weighted by atomic mass is 10.1. The normalized spacial score (nSPS) is 16.2. The van der Waals surface area contributed by atoms with E-state index >= 15 is 0 Å². The maximum atomic E-state index is 12.5. The van der Waals surface area contributed by atoms with Crippen molar-refractivity contribution in [2.24, 2.45) is 0 Å². The molecule has 3 heterocycles. The zero-order valence-electron chi connectivity index (χ0n) is 31.0. The quantitative estimate of drug-likeness (QED) is 0.0488. The van der Waals surface area contributed by atoms with Crippen molar-refractivity contribution < 1.29 is 33.7 Å². The number of rotatable bonds is 17. The molecule has 16 nitrogen and oxygen atoms in total. The molecule has 3 atom stereocenters. The first-order chi connectivity index (χ1) is 27.0. The van der Waals surface area contributed by atoms with Crippen LogP contribution in [0.25, 0.3) is 0 Å². The third-order valence-electron chi connectivity index (χ3n) is 8.89. The number of aliphatic hydroxyl groups is 1. The van der Waals surface area contributed by atoms with Crippen molar-refractivity contribution in [2.75, 3.05) is 11.9 Å². The van der Waals surface area contributed by atoms with Gasteiger partial charge in [-0.2, -0.15) is 10.2 Å². The first-order valence-corrected chi connectivity index (χ1v) is 19.3. The molecule has 0 aliphatic carbocycles. The summed E-state index contributed by atoms with van der Waals surface area (Å²) in [6.07, 6.45) is 5.55. The first kappa shape index (κ1) is 41.7. The number of nitrogens with one attached hydrogen (secondary N) is 3. The molecule has 5 rings (SSSR count). The van der Waals surface area contributed by atoms with E-state index in [1.54, 1.807) is 36.5 Å². The summed E-state index contributed by atoms with van der Waals surface area (Å²) < 4.78 is 17.6. The molecule has 0 unspecified atom stereocenters. The number of hydrogen-bond donors (Lipinski definition) is 6. The Kier molecular flexibility index (Phi) is 15.2. The predicted molar refractivity (Wildman–Crippen MR) is 207 cm³/mol. The van der Waals surface area contributed by atoms with E-state index in [0.717, 1.165) is 59.0 Å². The van der Waals surface area contributed by atoms with Crippen LogP contribution < -0.4 is 26.6 Å². The summed E-state index contributed by atoms with van der Waals surface area (Å²) in [4.78, 5) is 66.1. The molecule has 56 heavy (non-hydrogen) atoms. The zero-order chi connectivity index (χ0) is 40.0. The van der Waals surface area contributed by atoms with Gasteiger partial charge in [0.25, 0.3) is 5.56 Å². The van der Waals surface area contributed by atoms with Crippen molar-refractivity contribution in [3.63, 3.8) is 0 Å². The number of amides is 1. The van der Waals surface area contributed by atoms with E-state index in [4.69, 9.17) is 29.0 Å². The lowest BCUT2D eigenvalue weighted by Gasteiger charge is -2.17. The Bertz CT molecular complexity index is 2170. The van der Waals surface area contributed by atoms with Crippen LogP contribution in [0.4, 0.5) is 11.6 Å². The third kappa shape index (κ3) is 12.3. The number of H-pyrrole nitrogens is 1. The third-order valence-corrected chi connectivity index (χ3v) is 9.27. The Morgan fingerprint density at radius 2 is 1.80 bits per heavy atom. The average Bonchev–Trinajstić information content (AvgIpc) is 3.54. The molecule has 2 aromatic carbocycles. The molecule has 17 heteroatoms.